The molecule has 0 atom stereocenters. The number of hydrogen-bond donors (Lipinski definition) is 1. The van der Waals surface area contributed by atoms with Crippen LogP contribution in [-0.4, -0.2) is 14.2 Å². The van der Waals surface area contributed by atoms with Crippen LogP contribution in [0.3, 0.4) is 0 Å². The minimum Gasteiger partial charge on any atom is -0.497 e. The van der Waals surface area contributed by atoms with Gasteiger partial charge in [-0.1, -0.05) is 22.0 Å². The van der Waals surface area contributed by atoms with Gasteiger partial charge in [0.1, 0.15) is 5.75 Å². The average Bonchev–Trinajstić information content (AvgIpc) is 2.38. The Morgan fingerprint density at radius 2 is 1.94 bits per heavy atom. The molecule has 18 heavy (non-hydrogen) atoms. The van der Waals surface area contributed by atoms with Crippen molar-refractivity contribution in [2.75, 3.05) is 24.8 Å². The first-order chi connectivity index (χ1) is 8.61. The Kier molecular flexibility index (Phi) is 3.77. The number of nitrogens with zero attached hydrogens (tertiary/aromatic N) is 1. The fraction of sp³-hybridized carbons (Fsp3) is 0.143. The van der Waals surface area contributed by atoms with Gasteiger partial charge in [0.15, 0.2) is 0 Å². The van der Waals surface area contributed by atoms with Crippen molar-refractivity contribution in [3.63, 3.8) is 0 Å². The van der Waals surface area contributed by atoms with Gasteiger partial charge in [0.2, 0.25) is 0 Å². The molecular weight excluding hydrogens is 292 g/mol. The Bertz CT molecular complexity index is 557. The lowest BCUT2D eigenvalue weighted by atomic mass is 10.2. The van der Waals surface area contributed by atoms with Crippen molar-refractivity contribution in [2.45, 2.75) is 0 Å². The van der Waals surface area contributed by atoms with Gasteiger partial charge >= 0.3 is 0 Å². The van der Waals surface area contributed by atoms with Crippen LogP contribution in [0.15, 0.2) is 46.9 Å². The molecule has 2 aromatic rings. The third kappa shape index (κ3) is 2.59. The Morgan fingerprint density at radius 3 is 2.61 bits per heavy atom. The molecule has 0 spiro atoms. The zero-order valence-electron chi connectivity index (χ0n) is 10.4. The fourth-order valence-electron chi connectivity index (χ4n) is 1.79. The van der Waals surface area contributed by atoms with Crippen LogP contribution in [-0.2, 0) is 0 Å². The highest BCUT2D eigenvalue weighted by molar-refractivity contribution is 9.10. The second kappa shape index (κ2) is 5.31. The van der Waals surface area contributed by atoms with Crippen LogP contribution in [0, 0.1) is 0 Å². The first-order valence-electron chi connectivity index (χ1n) is 5.54. The van der Waals surface area contributed by atoms with Crippen LogP contribution in [0.4, 0.5) is 17.1 Å². The first-order valence-corrected chi connectivity index (χ1v) is 6.34. The van der Waals surface area contributed by atoms with Crippen molar-refractivity contribution in [2.24, 2.45) is 0 Å². The average molecular weight is 307 g/mol. The summed E-state index contributed by atoms with van der Waals surface area (Å²) in [5, 5.41) is 0. The van der Waals surface area contributed by atoms with Gasteiger partial charge < -0.3 is 15.4 Å². The number of benzene rings is 2. The van der Waals surface area contributed by atoms with E-state index in [0.29, 0.717) is 0 Å². The molecule has 4 heteroatoms. The maximum absolute atomic E-state index is 6.03. The molecule has 3 nitrogen and oxygen atoms in total. The normalized spacial score (nSPS) is 10.2. The van der Waals surface area contributed by atoms with E-state index in [2.05, 4.69) is 15.9 Å². The summed E-state index contributed by atoms with van der Waals surface area (Å²) < 4.78 is 6.20. The number of nitrogens with two attached hydrogens (primary N) is 1. The Morgan fingerprint density at radius 1 is 1.17 bits per heavy atom. The van der Waals surface area contributed by atoms with Gasteiger partial charge in [-0.15, -0.1) is 0 Å². The molecule has 0 aliphatic rings. The number of rotatable bonds is 3. The van der Waals surface area contributed by atoms with Gasteiger partial charge in [0.25, 0.3) is 0 Å². The SMILES string of the molecule is COc1cccc(N(C)c2ccc(Br)cc2N)c1. The summed E-state index contributed by atoms with van der Waals surface area (Å²) in [6, 6.07) is 13.7. The summed E-state index contributed by atoms with van der Waals surface area (Å²) in [6.07, 6.45) is 0. The predicted molar refractivity (Wildman–Crippen MR) is 79.6 cm³/mol. The minimum absolute atomic E-state index is 0.731. The van der Waals surface area contributed by atoms with Crippen LogP contribution in [0.25, 0.3) is 0 Å². The maximum atomic E-state index is 6.03. The largest absolute Gasteiger partial charge is 0.497 e. The molecule has 0 unspecified atom stereocenters. The highest BCUT2D eigenvalue weighted by Crippen LogP contribution is 2.32. The summed E-state index contributed by atoms with van der Waals surface area (Å²) in [6.45, 7) is 0. The van der Waals surface area contributed by atoms with Crippen LogP contribution in [0.5, 0.6) is 5.75 Å². The molecule has 0 bridgehead atoms. The summed E-state index contributed by atoms with van der Waals surface area (Å²) in [5.74, 6) is 0.829. The van der Waals surface area contributed by atoms with E-state index < -0.39 is 0 Å². The van der Waals surface area contributed by atoms with Gasteiger partial charge in [0.05, 0.1) is 18.5 Å². The van der Waals surface area contributed by atoms with E-state index in [-0.39, 0.29) is 0 Å². The summed E-state index contributed by atoms with van der Waals surface area (Å²) >= 11 is 3.41. The molecule has 2 rings (SSSR count). The predicted octanol–water partition coefficient (Wildman–Crippen LogP) is 3.81. The van der Waals surface area contributed by atoms with Crippen molar-refractivity contribution in [3.8, 4) is 5.75 Å². The number of nitrogen functional groups attached to an aromatic ring is 1. The standard InChI is InChI=1S/C14H15BrN2O/c1-17(11-4-3-5-12(9-11)18-2)14-7-6-10(15)8-13(14)16/h3-9H,16H2,1-2H3. The third-order valence-corrected chi connectivity index (χ3v) is 3.28. The minimum atomic E-state index is 0.731. The number of anilines is 3. The number of ether oxygens (including phenoxy) is 1. The zero-order valence-corrected chi connectivity index (χ0v) is 11.9. The van der Waals surface area contributed by atoms with E-state index in [1.54, 1.807) is 7.11 Å². The van der Waals surface area contributed by atoms with Gasteiger partial charge in [0, 0.05) is 23.3 Å². The zero-order chi connectivity index (χ0) is 13.1. The van der Waals surface area contributed by atoms with Crippen LogP contribution < -0.4 is 15.4 Å². The van der Waals surface area contributed by atoms with E-state index in [0.717, 1.165) is 27.3 Å². The van der Waals surface area contributed by atoms with Gasteiger partial charge in [-0.25, -0.2) is 0 Å². The van der Waals surface area contributed by atoms with E-state index in [4.69, 9.17) is 10.5 Å². The summed E-state index contributed by atoms with van der Waals surface area (Å²) in [4.78, 5) is 2.03. The lowest BCUT2D eigenvalue weighted by molar-refractivity contribution is 0.415. The Balaban J connectivity index is 2.37. The van der Waals surface area contributed by atoms with Crippen LogP contribution in [0.1, 0.15) is 0 Å². The summed E-state index contributed by atoms with van der Waals surface area (Å²) in [7, 11) is 3.64. The molecule has 0 fully saturated rings. The molecule has 0 aromatic heterocycles. The molecular formula is C14H15BrN2O. The molecule has 0 radical (unpaired) electrons. The molecule has 2 N–H and O–H groups in total. The summed E-state index contributed by atoms with van der Waals surface area (Å²) in [5.41, 5.74) is 8.75. The third-order valence-electron chi connectivity index (χ3n) is 2.79. The number of methoxy groups -OCH3 is 1. The van der Waals surface area contributed by atoms with Crippen LogP contribution >= 0.6 is 15.9 Å². The Labute approximate surface area is 115 Å². The molecule has 2 aromatic carbocycles. The van der Waals surface area contributed by atoms with Crippen molar-refractivity contribution in [1.29, 1.82) is 0 Å². The highest BCUT2D eigenvalue weighted by atomic mass is 79.9. The van der Waals surface area contributed by atoms with Crippen molar-refractivity contribution < 1.29 is 4.74 Å². The van der Waals surface area contributed by atoms with Crippen molar-refractivity contribution in [3.05, 3.63) is 46.9 Å². The molecule has 0 aliphatic heterocycles. The second-order valence-corrected chi connectivity index (χ2v) is 4.88. The number of halogens is 1. The fourth-order valence-corrected chi connectivity index (χ4v) is 2.17. The lowest BCUT2D eigenvalue weighted by Crippen LogP contribution is -2.11. The van der Waals surface area contributed by atoms with Crippen molar-refractivity contribution >= 4 is 33.0 Å². The maximum Gasteiger partial charge on any atom is 0.120 e. The molecule has 0 heterocycles. The molecule has 0 aliphatic carbocycles. The highest BCUT2D eigenvalue weighted by Gasteiger charge is 2.08. The van der Waals surface area contributed by atoms with Gasteiger partial charge in [-0.05, 0) is 30.3 Å². The van der Waals surface area contributed by atoms with E-state index in [1.165, 1.54) is 0 Å². The van der Waals surface area contributed by atoms with E-state index in [9.17, 15) is 0 Å². The lowest BCUT2D eigenvalue weighted by Gasteiger charge is -2.21. The van der Waals surface area contributed by atoms with Crippen LogP contribution in [0.2, 0.25) is 0 Å². The molecule has 0 saturated carbocycles. The number of hydrogen-bond acceptors (Lipinski definition) is 3. The quantitative estimate of drug-likeness (QED) is 0.876. The van der Waals surface area contributed by atoms with Crippen molar-refractivity contribution in [1.82, 2.24) is 0 Å². The van der Waals surface area contributed by atoms with E-state index >= 15 is 0 Å². The molecule has 0 saturated heterocycles. The monoisotopic (exact) mass is 306 g/mol. The van der Waals surface area contributed by atoms with E-state index in [1.807, 2.05) is 54.4 Å². The topological polar surface area (TPSA) is 38.5 Å². The van der Waals surface area contributed by atoms with Gasteiger partial charge in [-0.2, -0.15) is 0 Å². The smallest absolute Gasteiger partial charge is 0.120 e. The Hall–Kier alpha value is -1.68. The molecule has 94 valence electrons. The van der Waals surface area contributed by atoms with Gasteiger partial charge in [-0.3, -0.25) is 0 Å². The first kappa shape index (κ1) is 12.8. The molecule has 0 amide bonds. The second-order valence-electron chi connectivity index (χ2n) is 3.96.